The monoisotopic (exact) mass is 388 g/mol. The standard InChI is InChI=1S/C22H24N6O/c1-3-17-19-20(23)24-12-25-21(19)27(26-17)11-16-10-14-7-4-6-13(2)18(14)22(29)28(16)15-8-5-9-15/h4,6-7,10,12,15H,3,5,8-9,11H2,1-2H3,(H2,23,24,25). The van der Waals surface area contributed by atoms with Crippen molar-refractivity contribution in [2.75, 3.05) is 5.73 Å². The maximum absolute atomic E-state index is 13.5. The lowest BCUT2D eigenvalue weighted by atomic mass is 9.91. The van der Waals surface area contributed by atoms with Gasteiger partial charge in [0.1, 0.15) is 12.1 Å². The average molecular weight is 388 g/mol. The van der Waals surface area contributed by atoms with Gasteiger partial charge in [-0.05, 0) is 49.6 Å². The molecule has 1 saturated carbocycles. The molecule has 148 valence electrons. The number of benzene rings is 1. The molecule has 0 amide bonds. The van der Waals surface area contributed by atoms with Crippen molar-refractivity contribution in [1.82, 2.24) is 24.3 Å². The van der Waals surface area contributed by atoms with Gasteiger partial charge in [0, 0.05) is 11.7 Å². The zero-order chi connectivity index (χ0) is 20.1. The molecule has 4 aromatic rings. The molecule has 7 heteroatoms. The van der Waals surface area contributed by atoms with Gasteiger partial charge in [0.25, 0.3) is 5.56 Å². The number of aromatic nitrogens is 5. The molecule has 1 aliphatic carbocycles. The zero-order valence-electron chi connectivity index (χ0n) is 16.7. The van der Waals surface area contributed by atoms with Crippen molar-refractivity contribution < 1.29 is 0 Å². The quantitative estimate of drug-likeness (QED) is 0.579. The Balaban J connectivity index is 1.73. The number of nitrogens with zero attached hydrogens (tertiary/aromatic N) is 5. The van der Waals surface area contributed by atoms with Gasteiger partial charge >= 0.3 is 0 Å². The molecule has 3 aromatic heterocycles. The van der Waals surface area contributed by atoms with Crippen LogP contribution in [0, 0.1) is 6.92 Å². The van der Waals surface area contributed by atoms with Gasteiger partial charge in [0.2, 0.25) is 0 Å². The van der Waals surface area contributed by atoms with E-state index in [4.69, 9.17) is 10.8 Å². The van der Waals surface area contributed by atoms with Crippen molar-refractivity contribution in [2.24, 2.45) is 0 Å². The summed E-state index contributed by atoms with van der Waals surface area (Å²) in [5, 5.41) is 7.35. The van der Waals surface area contributed by atoms with Crippen molar-refractivity contribution >= 4 is 27.6 Å². The fourth-order valence-electron chi connectivity index (χ4n) is 4.39. The second kappa shape index (κ2) is 6.69. The van der Waals surface area contributed by atoms with E-state index < -0.39 is 0 Å². The van der Waals surface area contributed by atoms with Crippen LogP contribution < -0.4 is 11.3 Å². The van der Waals surface area contributed by atoms with Gasteiger partial charge in [-0.2, -0.15) is 5.10 Å². The van der Waals surface area contributed by atoms with E-state index in [1.165, 1.54) is 6.33 Å². The van der Waals surface area contributed by atoms with Gasteiger partial charge in [-0.3, -0.25) is 4.79 Å². The molecule has 0 bridgehead atoms. The fraction of sp³-hybridized carbons (Fsp3) is 0.364. The molecule has 1 fully saturated rings. The van der Waals surface area contributed by atoms with E-state index >= 15 is 0 Å². The van der Waals surface area contributed by atoms with Crippen molar-refractivity contribution in [3.8, 4) is 0 Å². The highest BCUT2D eigenvalue weighted by Crippen LogP contribution is 2.33. The Morgan fingerprint density at radius 2 is 2.03 bits per heavy atom. The minimum Gasteiger partial charge on any atom is -0.383 e. The van der Waals surface area contributed by atoms with Crippen LogP contribution in [0.25, 0.3) is 21.8 Å². The van der Waals surface area contributed by atoms with E-state index in [1.54, 1.807) is 0 Å². The molecule has 0 atom stereocenters. The third-order valence-corrected chi connectivity index (χ3v) is 6.09. The number of anilines is 1. The summed E-state index contributed by atoms with van der Waals surface area (Å²) in [7, 11) is 0. The summed E-state index contributed by atoms with van der Waals surface area (Å²) < 4.78 is 3.85. The first kappa shape index (κ1) is 17.8. The van der Waals surface area contributed by atoms with Crippen LogP contribution in [0.3, 0.4) is 0 Å². The smallest absolute Gasteiger partial charge is 0.259 e. The number of hydrogen-bond acceptors (Lipinski definition) is 5. The molecule has 29 heavy (non-hydrogen) atoms. The molecular formula is C22H24N6O. The normalized spacial score (nSPS) is 14.6. The first-order valence-corrected chi connectivity index (χ1v) is 10.2. The number of fused-ring (bicyclic) bond motifs is 2. The maximum atomic E-state index is 13.5. The molecule has 0 radical (unpaired) electrons. The molecule has 5 rings (SSSR count). The number of hydrogen-bond donors (Lipinski definition) is 1. The lowest BCUT2D eigenvalue weighted by Gasteiger charge is -2.30. The van der Waals surface area contributed by atoms with Crippen LogP contribution in [-0.2, 0) is 13.0 Å². The predicted octanol–water partition coefficient (Wildman–Crippen LogP) is 3.37. The molecule has 1 aliphatic rings. The highest BCUT2D eigenvalue weighted by molar-refractivity contribution is 5.88. The first-order valence-electron chi connectivity index (χ1n) is 10.2. The summed E-state index contributed by atoms with van der Waals surface area (Å²) >= 11 is 0. The Kier molecular flexibility index (Phi) is 4.12. The Morgan fingerprint density at radius 3 is 2.76 bits per heavy atom. The Morgan fingerprint density at radius 1 is 1.21 bits per heavy atom. The molecule has 0 spiro atoms. The van der Waals surface area contributed by atoms with Gasteiger partial charge < -0.3 is 10.3 Å². The molecule has 0 aliphatic heterocycles. The number of rotatable bonds is 4. The van der Waals surface area contributed by atoms with Gasteiger partial charge in [-0.25, -0.2) is 14.6 Å². The SMILES string of the molecule is CCc1nn(Cc2cc3cccc(C)c3c(=O)n2C2CCC2)c2ncnc(N)c12. The number of nitrogen functional groups attached to an aromatic ring is 1. The highest BCUT2D eigenvalue weighted by Gasteiger charge is 2.25. The van der Waals surface area contributed by atoms with Gasteiger partial charge in [0.15, 0.2) is 5.65 Å². The summed E-state index contributed by atoms with van der Waals surface area (Å²) in [6.45, 7) is 4.52. The fourth-order valence-corrected chi connectivity index (χ4v) is 4.39. The van der Waals surface area contributed by atoms with Crippen molar-refractivity contribution in [2.45, 2.75) is 52.1 Å². The number of aryl methyl sites for hydroxylation is 2. The summed E-state index contributed by atoms with van der Waals surface area (Å²) in [5.41, 5.74) is 9.78. The maximum Gasteiger partial charge on any atom is 0.259 e. The van der Waals surface area contributed by atoms with Gasteiger partial charge in [0.05, 0.1) is 23.0 Å². The molecule has 0 unspecified atom stereocenters. The van der Waals surface area contributed by atoms with Crippen molar-refractivity contribution in [3.05, 3.63) is 57.9 Å². The minimum atomic E-state index is 0.0987. The molecule has 3 heterocycles. The molecule has 2 N–H and O–H groups in total. The molecule has 1 aromatic carbocycles. The minimum absolute atomic E-state index is 0.0987. The summed E-state index contributed by atoms with van der Waals surface area (Å²) in [6.07, 6.45) is 5.46. The van der Waals surface area contributed by atoms with E-state index in [0.717, 1.165) is 58.8 Å². The third kappa shape index (κ3) is 2.72. The van der Waals surface area contributed by atoms with E-state index in [0.29, 0.717) is 18.0 Å². The van der Waals surface area contributed by atoms with Crippen molar-refractivity contribution in [3.63, 3.8) is 0 Å². The van der Waals surface area contributed by atoms with Gasteiger partial charge in [-0.15, -0.1) is 0 Å². The van der Waals surface area contributed by atoms with Crippen LogP contribution in [0.5, 0.6) is 0 Å². The Labute approximate surface area is 168 Å². The van der Waals surface area contributed by atoms with Crippen molar-refractivity contribution in [1.29, 1.82) is 0 Å². The van der Waals surface area contributed by atoms with Crippen LogP contribution in [0.4, 0.5) is 5.82 Å². The van der Waals surface area contributed by atoms with E-state index in [9.17, 15) is 4.79 Å². The summed E-state index contributed by atoms with van der Waals surface area (Å²) in [6, 6.07) is 8.40. The Hall–Kier alpha value is -3.22. The molecule has 7 nitrogen and oxygen atoms in total. The third-order valence-electron chi connectivity index (χ3n) is 6.09. The second-order valence-corrected chi connectivity index (χ2v) is 7.85. The Bertz CT molecular complexity index is 1300. The predicted molar refractivity (Wildman–Crippen MR) is 114 cm³/mol. The van der Waals surface area contributed by atoms with Crippen LogP contribution >= 0.6 is 0 Å². The lowest BCUT2D eigenvalue weighted by molar-refractivity contribution is 0.298. The van der Waals surface area contributed by atoms with E-state index in [-0.39, 0.29) is 11.6 Å². The van der Waals surface area contributed by atoms with Crippen LogP contribution in [0.2, 0.25) is 0 Å². The topological polar surface area (TPSA) is 91.6 Å². The summed E-state index contributed by atoms with van der Waals surface area (Å²) in [4.78, 5) is 22.0. The van der Waals surface area contributed by atoms with E-state index in [1.807, 2.05) is 41.3 Å². The second-order valence-electron chi connectivity index (χ2n) is 7.85. The number of nitrogens with two attached hydrogens (primary N) is 1. The summed E-state index contributed by atoms with van der Waals surface area (Å²) in [5.74, 6) is 0.448. The lowest BCUT2D eigenvalue weighted by Crippen LogP contribution is -2.32. The van der Waals surface area contributed by atoms with E-state index in [2.05, 4.69) is 16.0 Å². The highest BCUT2D eigenvalue weighted by atomic mass is 16.1. The largest absolute Gasteiger partial charge is 0.383 e. The zero-order valence-corrected chi connectivity index (χ0v) is 16.7. The molecule has 0 saturated heterocycles. The van der Waals surface area contributed by atoms with Crippen LogP contribution in [0.15, 0.2) is 35.4 Å². The molecular weight excluding hydrogens is 364 g/mol. The van der Waals surface area contributed by atoms with Gasteiger partial charge in [-0.1, -0.05) is 25.1 Å². The average Bonchev–Trinajstić information content (AvgIpc) is 3.02. The number of pyridine rings is 1. The van der Waals surface area contributed by atoms with Crippen LogP contribution in [0.1, 0.15) is 49.2 Å². The van der Waals surface area contributed by atoms with Crippen LogP contribution in [-0.4, -0.2) is 24.3 Å². The first-order chi connectivity index (χ1) is 14.1.